The van der Waals surface area contributed by atoms with Crippen molar-refractivity contribution in [3.05, 3.63) is 244 Å². The number of aromatic hydroxyl groups is 1. The Morgan fingerprint density at radius 1 is 0.567 bits per heavy atom. The first-order valence-electron chi connectivity index (χ1n) is 26.4. The first-order valence-corrected chi connectivity index (χ1v) is 31.3. The molecule has 0 atom stereocenters. The van der Waals surface area contributed by atoms with Gasteiger partial charge in [0.15, 0.2) is 46.0 Å². The van der Waals surface area contributed by atoms with Gasteiger partial charge in [-0.3, -0.25) is 18.5 Å². The van der Waals surface area contributed by atoms with Gasteiger partial charge in [-0.2, -0.15) is 0 Å². The van der Waals surface area contributed by atoms with Gasteiger partial charge in [0.25, 0.3) is 6.47 Å². The van der Waals surface area contributed by atoms with Crippen molar-refractivity contribution < 1.29 is 182 Å². The topological polar surface area (TPSA) is 206 Å². The molecule has 0 unspecified atom stereocenters. The molecule has 8 aromatic rings. The van der Waals surface area contributed by atoms with Crippen LogP contribution in [-0.2, 0) is 44.2 Å². The van der Waals surface area contributed by atoms with Crippen molar-refractivity contribution in [2.75, 3.05) is 35.6 Å². The van der Waals surface area contributed by atoms with Gasteiger partial charge >= 0.3 is 114 Å². The standard InChI is InChI=1S/C18H18O4.C16H16O3.C15H16O2.C8H10O2.C7H7Br.CH3F.CH2O3.CH4.Cl3OP.2K.H/c1-13-10-16(21-2)17(11-15(13)8-9-18(19)20)22-12-14-6-4-3-5-7-14;1-12-8-15(18-2)16(9-14(12)10-17)19-11-13-6-4-3-5-7-13;1-12-8-9-14(15(10-12)16-2)17-11-13-6-4-3-5-7-13;1-6-3-4-7(9)8(5-6)10-2;8-6-7-4-2-1-3-5-7;1-2;2-1-4-3;;1-5(2,3)4;;;/h3-11H,12H2,1-2H3,(H,19,20);3-10H,11H2,1-2H3;3-10H,11H2,1-2H3;3-5,9H,1-2H3;1-5H,6H2;1H3;1,3H;1H4;;;;/q;;;;;;;;;2*+1;-1/p-1/b9-8+;;;;;;;;;;;/i;;;;;1D;;;;;;. The van der Waals surface area contributed by atoms with E-state index in [0.717, 1.165) is 73.7 Å². The molecule has 476 valence electrons. The molecule has 90 heavy (non-hydrogen) atoms. The summed E-state index contributed by atoms with van der Waals surface area (Å²) < 4.78 is 63.1. The smallest absolute Gasteiger partial charge is 1.00 e. The number of aliphatic carboxylic acids is 1. The third-order valence-electron chi connectivity index (χ3n) is 11.0. The van der Waals surface area contributed by atoms with Crippen molar-refractivity contribution >= 4 is 79.7 Å². The van der Waals surface area contributed by atoms with Crippen LogP contribution in [0.5, 0.6) is 46.0 Å². The molecular formula is C67H76BrCl3FK2O15P. The second-order valence-electron chi connectivity index (χ2n) is 17.4. The van der Waals surface area contributed by atoms with E-state index in [0.29, 0.717) is 54.1 Å². The molecule has 0 saturated heterocycles. The zero-order chi connectivity index (χ0) is 65.7. The van der Waals surface area contributed by atoms with Gasteiger partial charge in [0, 0.05) is 17.0 Å². The Labute approximate surface area is 639 Å². The minimum atomic E-state index is -3.22. The Kier molecular flexibility index (Phi) is 52.1. The number of hydrogen-bond donors (Lipinski definition) is 2. The summed E-state index contributed by atoms with van der Waals surface area (Å²) in [7, 11) is 5.36. The van der Waals surface area contributed by atoms with E-state index in [1.807, 2.05) is 173 Å². The van der Waals surface area contributed by atoms with Crippen molar-refractivity contribution in [2.45, 2.75) is 60.3 Å². The van der Waals surface area contributed by atoms with Gasteiger partial charge in [0.05, 0.1) is 37.0 Å². The van der Waals surface area contributed by atoms with E-state index in [9.17, 15) is 18.5 Å². The Morgan fingerprint density at radius 3 is 1.21 bits per heavy atom. The molecule has 0 aliphatic carbocycles. The molecular weight excluding hydrogens is 1360 g/mol. The molecule has 23 heteroatoms. The Hall–Kier alpha value is -4.75. The van der Waals surface area contributed by atoms with Crippen LogP contribution in [-0.4, -0.2) is 64.5 Å². The molecule has 15 nitrogen and oxygen atoms in total. The summed E-state index contributed by atoms with van der Waals surface area (Å²) in [6, 6.07) is 58.3. The molecule has 0 aromatic heterocycles. The summed E-state index contributed by atoms with van der Waals surface area (Å²) in [6.45, 7) is 8.98. The van der Waals surface area contributed by atoms with Crippen molar-refractivity contribution in [1.82, 2.24) is 0 Å². The molecule has 0 spiro atoms. The normalized spacial score (nSPS) is 9.56. The summed E-state index contributed by atoms with van der Waals surface area (Å²) in [4.78, 5) is 32.9. The number of carbonyl (C=O) groups excluding carboxylic acids is 2. The van der Waals surface area contributed by atoms with Crippen LogP contribution in [0.4, 0.5) is 4.39 Å². The molecule has 0 aliphatic rings. The van der Waals surface area contributed by atoms with Gasteiger partial charge in [-0.15, -0.1) is 0 Å². The minimum absolute atomic E-state index is 0. The number of ether oxygens (including phenoxy) is 7. The number of alkyl halides is 2. The average Bonchev–Trinajstić information content (AvgIpc) is 2.56. The fraction of sp³-hybridized carbons (Fsp3) is 0.209. The second kappa shape index (κ2) is 53.7. The molecule has 8 rings (SSSR count). The number of rotatable bonds is 18. The zero-order valence-electron chi connectivity index (χ0n) is 53.2. The molecule has 0 heterocycles. The van der Waals surface area contributed by atoms with Gasteiger partial charge in [-0.05, 0) is 166 Å². The van der Waals surface area contributed by atoms with E-state index >= 15 is 0 Å². The van der Waals surface area contributed by atoms with E-state index < -0.39 is 18.3 Å². The number of carbonyl (C=O) groups is 3. The minimum Gasteiger partial charge on any atom is -1.00 e. The Morgan fingerprint density at radius 2 is 0.889 bits per heavy atom. The SMILES string of the molecule is BrCc1ccccc1.C.COc1cc(C)c(/C=C/C(=O)O)cc1OCc1ccccc1.COc1cc(C)c(C=O)cc1OCc1ccccc1.COc1cc(C)ccc1O.COc1cc(C)ccc1OCc1ccccc1.O=CO[O-].O=P(Cl)(Cl)Cl.[2H]CF.[H-].[K+].[K+]. The molecule has 0 aliphatic heterocycles. The largest absolute Gasteiger partial charge is 1.00 e. The van der Waals surface area contributed by atoms with Gasteiger partial charge in [0.2, 0.25) is 0 Å². The molecule has 0 bridgehead atoms. The molecule has 2 N–H and O–H groups in total. The van der Waals surface area contributed by atoms with E-state index in [2.05, 4.69) is 66.7 Å². The van der Waals surface area contributed by atoms with Crippen LogP contribution in [0, 0.1) is 27.7 Å². The predicted octanol–water partition coefficient (Wildman–Crippen LogP) is 11.5. The fourth-order valence-electron chi connectivity index (χ4n) is 6.82. The third kappa shape index (κ3) is 40.3. The van der Waals surface area contributed by atoms with Crippen LogP contribution in [0.2, 0.25) is 0 Å². The van der Waals surface area contributed by atoms with Crippen molar-refractivity contribution in [3.63, 3.8) is 0 Å². The van der Waals surface area contributed by atoms with Gasteiger partial charge in [-0.25, -0.2) is 4.79 Å². The number of phenolic OH excluding ortho intramolecular Hbond substituents is 1. The molecule has 0 saturated carbocycles. The summed E-state index contributed by atoms with van der Waals surface area (Å²) in [5.41, 5.74) is 10.0. The quantitative estimate of drug-likeness (QED) is 0.0156. The maximum Gasteiger partial charge on any atom is 1.00 e. The summed E-state index contributed by atoms with van der Waals surface area (Å²) in [5.74, 6) is 3.72. The van der Waals surface area contributed by atoms with Crippen molar-refractivity contribution in [2.24, 2.45) is 0 Å². The van der Waals surface area contributed by atoms with Crippen LogP contribution < -0.4 is 141 Å². The summed E-state index contributed by atoms with van der Waals surface area (Å²) in [6.07, 6.45) is 3.48. The van der Waals surface area contributed by atoms with Crippen LogP contribution in [0.25, 0.3) is 6.08 Å². The maximum atomic E-state index is 11.0. The van der Waals surface area contributed by atoms with E-state index in [-0.39, 0.29) is 124 Å². The van der Waals surface area contributed by atoms with Crippen LogP contribution in [0.15, 0.2) is 188 Å². The number of benzene rings is 8. The van der Waals surface area contributed by atoms with E-state index in [4.69, 9.17) is 54.8 Å². The molecule has 0 amide bonds. The number of phenols is 1. The first kappa shape index (κ1) is 87.3. The number of hydrogen-bond acceptors (Lipinski definition) is 14. The van der Waals surface area contributed by atoms with Gasteiger partial charge in [-0.1, -0.05) is 157 Å². The number of carboxylic acids is 1. The van der Waals surface area contributed by atoms with Gasteiger partial charge < -0.3 is 54.9 Å². The van der Waals surface area contributed by atoms with Crippen molar-refractivity contribution in [1.29, 1.82) is 0 Å². The Bertz CT molecular complexity index is 3330. The van der Waals surface area contributed by atoms with Crippen LogP contribution in [0.1, 0.15) is 70.7 Å². The zero-order valence-corrected chi connectivity index (χ0v) is 62.2. The first-order chi connectivity index (χ1) is 42.1. The maximum absolute atomic E-state index is 11.0. The fourth-order valence-corrected chi connectivity index (χ4v) is 7.19. The molecule has 0 radical (unpaired) electrons. The number of halogens is 5. The van der Waals surface area contributed by atoms with Crippen LogP contribution in [0.3, 0.4) is 0 Å². The molecule has 0 fully saturated rings. The van der Waals surface area contributed by atoms with Crippen LogP contribution >= 0.6 is 54.9 Å². The number of aldehydes is 1. The van der Waals surface area contributed by atoms with E-state index in [1.54, 1.807) is 51.7 Å². The number of aryl methyl sites for hydroxylation is 4. The van der Waals surface area contributed by atoms with E-state index in [1.165, 1.54) is 12.7 Å². The number of methoxy groups -OCH3 is 4. The predicted molar refractivity (Wildman–Crippen MR) is 353 cm³/mol. The second-order valence-corrected chi connectivity index (χ2v) is 24.6. The third-order valence-corrected chi connectivity index (χ3v) is 11.7. The average molecular weight is 1440 g/mol. The summed E-state index contributed by atoms with van der Waals surface area (Å²) >= 11 is 17.2. The Balaban J connectivity index is -0.000000511. The number of carboxylic acid groups (broad SMARTS) is 1. The van der Waals surface area contributed by atoms with Gasteiger partial charge in [0.1, 0.15) is 26.1 Å². The monoisotopic (exact) mass is 1430 g/mol. The summed E-state index contributed by atoms with van der Waals surface area (Å²) in [5, 5.41) is 24.0. The molecule has 8 aromatic carbocycles. The van der Waals surface area contributed by atoms with Crippen molar-refractivity contribution in [3.8, 4) is 46.0 Å².